The number of carbonyl (C=O) groups is 1. The Morgan fingerprint density at radius 1 is 1.33 bits per heavy atom. The van der Waals surface area contributed by atoms with Crippen LogP contribution in [0.25, 0.3) is 0 Å². The number of fused-ring (bicyclic) bond motifs is 1. The molecule has 2 aromatic rings. The van der Waals surface area contributed by atoms with Crippen LogP contribution in [0.15, 0.2) is 36.5 Å². The van der Waals surface area contributed by atoms with Gasteiger partial charge in [0.1, 0.15) is 11.4 Å². The van der Waals surface area contributed by atoms with Gasteiger partial charge in [-0.1, -0.05) is 6.07 Å². The number of aromatic nitrogens is 1. The van der Waals surface area contributed by atoms with Crippen LogP contribution >= 0.6 is 0 Å². The lowest BCUT2D eigenvalue weighted by Crippen LogP contribution is -2.40. The number of sulfonamides is 1. The first kappa shape index (κ1) is 24.3. The molecule has 0 radical (unpaired) electrons. The van der Waals surface area contributed by atoms with Crippen LogP contribution in [-0.2, 0) is 16.4 Å². The average molecular weight is 485 g/mol. The van der Waals surface area contributed by atoms with Gasteiger partial charge in [0.25, 0.3) is 5.91 Å². The molecule has 3 rings (SSSR count). The second kappa shape index (κ2) is 9.25. The maximum atomic E-state index is 12.6. The molecule has 0 saturated carbocycles. The number of benzene rings is 1. The summed E-state index contributed by atoms with van der Waals surface area (Å²) in [7, 11) is -2.59. The van der Waals surface area contributed by atoms with E-state index < -0.39 is 34.0 Å². The third kappa shape index (κ3) is 6.12. The van der Waals surface area contributed by atoms with Crippen molar-refractivity contribution in [1.29, 1.82) is 5.41 Å². The third-order valence-corrected chi connectivity index (χ3v) is 7.07. The molecule has 1 aliphatic rings. The van der Waals surface area contributed by atoms with Crippen molar-refractivity contribution in [2.45, 2.75) is 31.5 Å². The predicted molar refractivity (Wildman–Crippen MR) is 114 cm³/mol. The van der Waals surface area contributed by atoms with Gasteiger partial charge in [0, 0.05) is 12.7 Å². The van der Waals surface area contributed by atoms with E-state index in [2.05, 4.69) is 15.0 Å². The van der Waals surface area contributed by atoms with E-state index in [9.17, 15) is 26.4 Å². The minimum absolute atomic E-state index is 0.121. The topological polar surface area (TPSA) is 138 Å². The number of alkyl halides is 3. The molecule has 178 valence electrons. The third-order valence-electron chi connectivity index (χ3n) is 5.21. The van der Waals surface area contributed by atoms with Crippen LogP contribution in [0.3, 0.4) is 0 Å². The van der Waals surface area contributed by atoms with Gasteiger partial charge in [-0.05, 0) is 60.6 Å². The molecule has 9 nitrogen and oxygen atoms in total. The lowest BCUT2D eigenvalue weighted by atomic mass is 9.83. The Balaban J connectivity index is 1.77. The van der Waals surface area contributed by atoms with Crippen molar-refractivity contribution in [1.82, 2.24) is 9.29 Å². The van der Waals surface area contributed by atoms with Crippen LogP contribution in [0, 0.1) is 5.41 Å². The van der Waals surface area contributed by atoms with E-state index >= 15 is 0 Å². The highest BCUT2D eigenvalue weighted by atomic mass is 32.2. The van der Waals surface area contributed by atoms with Gasteiger partial charge in [0.15, 0.2) is 0 Å². The van der Waals surface area contributed by atoms with E-state index in [4.69, 9.17) is 11.1 Å². The summed E-state index contributed by atoms with van der Waals surface area (Å²) in [6.45, 7) is 0. The standard InChI is InChI=1S/C20H22F3N5O4S/c1-28(19(24)25)33(30,31)11-13-4-2-3-12-5-6-14(9-16(12)13)27-18(29)17-8-7-15(10-26-17)32-20(21,22)23/h5-10,13H,2-4,11H2,1H3,(H3,24,25)(H,27,29). The largest absolute Gasteiger partial charge is 0.573 e. The zero-order chi connectivity index (χ0) is 24.4. The molecular formula is C20H22F3N5O4S. The fourth-order valence-corrected chi connectivity index (χ4v) is 4.95. The van der Waals surface area contributed by atoms with E-state index in [1.165, 1.54) is 7.05 Å². The Morgan fingerprint density at radius 3 is 2.67 bits per heavy atom. The van der Waals surface area contributed by atoms with Crippen molar-refractivity contribution in [3.63, 3.8) is 0 Å². The second-order valence-electron chi connectivity index (χ2n) is 7.52. The summed E-state index contributed by atoms with van der Waals surface area (Å²) in [5.74, 6) is -2.37. The van der Waals surface area contributed by atoms with Gasteiger partial charge in [0.05, 0.1) is 11.9 Å². The molecule has 0 bridgehead atoms. The van der Waals surface area contributed by atoms with Crippen molar-refractivity contribution in [2.75, 3.05) is 18.1 Å². The van der Waals surface area contributed by atoms with Crippen molar-refractivity contribution in [3.8, 4) is 5.75 Å². The number of rotatable bonds is 6. The van der Waals surface area contributed by atoms with Gasteiger partial charge in [-0.15, -0.1) is 13.2 Å². The van der Waals surface area contributed by atoms with Crippen molar-refractivity contribution >= 4 is 27.6 Å². The highest BCUT2D eigenvalue weighted by Gasteiger charge is 2.31. The first-order valence-electron chi connectivity index (χ1n) is 9.82. The fraction of sp³-hybridized carbons (Fsp3) is 0.350. The van der Waals surface area contributed by atoms with Crippen LogP contribution in [0.4, 0.5) is 18.9 Å². The molecular weight excluding hydrogens is 463 g/mol. The smallest absolute Gasteiger partial charge is 0.404 e. The zero-order valence-electron chi connectivity index (χ0n) is 17.5. The normalized spacial score (nSPS) is 15.9. The number of nitrogens with one attached hydrogen (secondary N) is 2. The summed E-state index contributed by atoms with van der Waals surface area (Å²) >= 11 is 0. The number of ether oxygens (including phenoxy) is 1. The van der Waals surface area contributed by atoms with Crippen molar-refractivity contribution < 1.29 is 31.1 Å². The molecule has 1 atom stereocenters. The maximum Gasteiger partial charge on any atom is 0.573 e. The van der Waals surface area contributed by atoms with Crippen LogP contribution in [0.1, 0.15) is 40.4 Å². The summed E-state index contributed by atoms with van der Waals surface area (Å²) in [6, 6.07) is 7.22. The zero-order valence-corrected chi connectivity index (χ0v) is 18.3. The molecule has 0 aliphatic heterocycles. The number of carbonyl (C=O) groups excluding carboxylic acids is 1. The summed E-state index contributed by atoms with van der Waals surface area (Å²) in [5.41, 5.74) is 7.30. The quantitative estimate of drug-likeness (QED) is 0.425. The SMILES string of the molecule is CN(C(=N)N)S(=O)(=O)CC1CCCc2ccc(NC(=O)c3ccc(OC(F)(F)F)cn3)cc21. The number of anilines is 1. The number of amides is 1. The number of guanidine groups is 1. The van der Waals surface area contributed by atoms with Crippen LogP contribution in [-0.4, -0.2) is 48.7 Å². The van der Waals surface area contributed by atoms with E-state index in [1.54, 1.807) is 18.2 Å². The van der Waals surface area contributed by atoms with Gasteiger partial charge < -0.3 is 15.8 Å². The molecule has 0 spiro atoms. The summed E-state index contributed by atoms with van der Waals surface area (Å²) in [4.78, 5) is 16.2. The van der Waals surface area contributed by atoms with Crippen LogP contribution in [0.2, 0.25) is 0 Å². The van der Waals surface area contributed by atoms with Crippen molar-refractivity contribution in [3.05, 3.63) is 53.3 Å². The Hall–Kier alpha value is -3.35. The number of pyridine rings is 1. The molecule has 0 fully saturated rings. The van der Waals surface area contributed by atoms with E-state index in [0.717, 1.165) is 46.6 Å². The minimum atomic E-state index is -4.86. The lowest BCUT2D eigenvalue weighted by molar-refractivity contribution is -0.274. The average Bonchev–Trinajstić information content (AvgIpc) is 2.72. The van der Waals surface area contributed by atoms with Gasteiger partial charge in [-0.2, -0.15) is 0 Å². The minimum Gasteiger partial charge on any atom is -0.404 e. The van der Waals surface area contributed by atoms with Gasteiger partial charge in [-0.25, -0.2) is 17.7 Å². The second-order valence-corrected chi connectivity index (χ2v) is 9.56. The molecule has 33 heavy (non-hydrogen) atoms. The predicted octanol–water partition coefficient (Wildman–Crippen LogP) is 2.81. The van der Waals surface area contributed by atoms with E-state index in [0.29, 0.717) is 12.1 Å². The number of aryl methyl sites for hydroxylation is 1. The molecule has 1 heterocycles. The van der Waals surface area contributed by atoms with Gasteiger partial charge in [0.2, 0.25) is 16.0 Å². The first-order valence-corrected chi connectivity index (χ1v) is 11.4. The Morgan fingerprint density at radius 2 is 2.06 bits per heavy atom. The van der Waals surface area contributed by atoms with Gasteiger partial charge in [-0.3, -0.25) is 10.2 Å². The summed E-state index contributed by atoms with van der Waals surface area (Å²) < 4.78 is 66.3. The Kier molecular flexibility index (Phi) is 6.81. The fourth-order valence-electron chi connectivity index (χ4n) is 3.57. The number of hydrogen-bond donors (Lipinski definition) is 3. The molecule has 4 N–H and O–H groups in total. The van der Waals surface area contributed by atoms with E-state index in [1.807, 2.05) is 0 Å². The Bertz CT molecular complexity index is 1150. The summed E-state index contributed by atoms with van der Waals surface area (Å²) in [5, 5.41) is 10.00. The molecule has 1 unspecified atom stereocenters. The molecule has 1 aromatic heterocycles. The number of hydrogen-bond acceptors (Lipinski definition) is 6. The summed E-state index contributed by atoms with van der Waals surface area (Å²) in [6.07, 6.45) is -1.92. The van der Waals surface area contributed by atoms with Crippen molar-refractivity contribution in [2.24, 2.45) is 5.73 Å². The van der Waals surface area contributed by atoms with Gasteiger partial charge >= 0.3 is 6.36 Å². The monoisotopic (exact) mass is 485 g/mol. The first-order chi connectivity index (χ1) is 15.4. The molecule has 13 heteroatoms. The van der Waals surface area contributed by atoms with E-state index in [-0.39, 0.29) is 17.4 Å². The number of nitrogens with two attached hydrogens (primary N) is 1. The van der Waals surface area contributed by atoms with Crippen LogP contribution in [0.5, 0.6) is 5.75 Å². The maximum absolute atomic E-state index is 12.6. The molecule has 1 aromatic carbocycles. The highest BCUT2D eigenvalue weighted by molar-refractivity contribution is 7.89. The Labute approximate surface area is 188 Å². The molecule has 1 aliphatic carbocycles. The lowest BCUT2D eigenvalue weighted by Gasteiger charge is -2.28. The number of nitrogens with zero attached hydrogens (tertiary/aromatic N) is 2. The number of halogens is 3. The molecule has 0 saturated heterocycles. The highest BCUT2D eigenvalue weighted by Crippen LogP contribution is 2.35. The van der Waals surface area contributed by atoms with Crippen LogP contribution < -0.4 is 15.8 Å². The molecule has 1 amide bonds.